The number of hydrogen-bond donors (Lipinski definition) is 0. The highest BCUT2D eigenvalue weighted by atomic mass is 35.5. The van der Waals surface area contributed by atoms with E-state index in [1.807, 2.05) is 12.1 Å². The highest BCUT2D eigenvalue weighted by Gasteiger charge is 2.11. The first-order valence-electron chi connectivity index (χ1n) is 6.98. The minimum Gasteiger partial charge on any atom is -0.494 e. The zero-order valence-electron chi connectivity index (χ0n) is 12.4. The lowest BCUT2D eigenvalue weighted by Gasteiger charge is -2.12. The number of rotatable bonds is 7. The summed E-state index contributed by atoms with van der Waals surface area (Å²) in [6.45, 7) is 4.68. The van der Waals surface area contributed by atoms with Crippen molar-refractivity contribution in [2.24, 2.45) is 0 Å². The molecule has 0 saturated carbocycles. The van der Waals surface area contributed by atoms with Crippen LogP contribution in [0.25, 0.3) is 11.0 Å². The topological polar surface area (TPSA) is 30.3 Å². The van der Waals surface area contributed by atoms with E-state index in [0.29, 0.717) is 5.88 Å². The van der Waals surface area contributed by atoms with Crippen molar-refractivity contribution in [3.05, 3.63) is 24.0 Å². The Hall–Kier alpha value is -1.26. The van der Waals surface area contributed by atoms with Crippen LogP contribution in [-0.4, -0.2) is 41.7 Å². The molecule has 0 N–H and O–H groups in total. The second-order valence-corrected chi connectivity index (χ2v) is 5.38. The number of nitrogens with zero attached hydrogens (tertiary/aromatic N) is 3. The van der Waals surface area contributed by atoms with Gasteiger partial charge in [0, 0.05) is 19.2 Å². The molecule has 0 aliphatic rings. The SMILES string of the molecule is CCCOc1ccc2c(c1)nc(CCl)n2CCN(C)C. The Morgan fingerprint density at radius 3 is 2.80 bits per heavy atom. The highest BCUT2D eigenvalue weighted by molar-refractivity contribution is 6.16. The average molecular weight is 296 g/mol. The van der Waals surface area contributed by atoms with Crippen LogP contribution in [-0.2, 0) is 12.4 Å². The second kappa shape index (κ2) is 6.95. The van der Waals surface area contributed by atoms with Crippen LogP contribution in [0.15, 0.2) is 18.2 Å². The van der Waals surface area contributed by atoms with Crippen molar-refractivity contribution in [1.82, 2.24) is 14.5 Å². The van der Waals surface area contributed by atoms with Crippen molar-refractivity contribution in [2.75, 3.05) is 27.2 Å². The van der Waals surface area contributed by atoms with E-state index in [1.54, 1.807) is 0 Å². The molecule has 2 rings (SSSR count). The van der Waals surface area contributed by atoms with Crippen molar-refractivity contribution in [3.8, 4) is 5.75 Å². The number of halogens is 1. The van der Waals surface area contributed by atoms with Crippen LogP contribution in [0.3, 0.4) is 0 Å². The molecule has 110 valence electrons. The Morgan fingerprint density at radius 2 is 2.15 bits per heavy atom. The molecule has 0 radical (unpaired) electrons. The van der Waals surface area contributed by atoms with E-state index in [-0.39, 0.29) is 0 Å². The fourth-order valence-corrected chi connectivity index (χ4v) is 2.32. The van der Waals surface area contributed by atoms with Crippen LogP contribution in [0.4, 0.5) is 0 Å². The van der Waals surface area contributed by atoms with Crippen LogP contribution in [0.2, 0.25) is 0 Å². The quantitative estimate of drug-likeness (QED) is 0.735. The zero-order valence-corrected chi connectivity index (χ0v) is 13.2. The number of aromatic nitrogens is 2. The van der Waals surface area contributed by atoms with Gasteiger partial charge in [-0.25, -0.2) is 4.98 Å². The molecule has 0 fully saturated rings. The molecular formula is C15H22ClN3O. The number of alkyl halides is 1. The Morgan fingerprint density at radius 1 is 1.35 bits per heavy atom. The summed E-state index contributed by atoms with van der Waals surface area (Å²) in [7, 11) is 4.13. The van der Waals surface area contributed by atoms with Crippen molar-refractivity contribution in [1.29, 1.82) is 0 Å². The maximum Gasteiger partial charge on any atom is 0.124 e. The van der Waals surface area contributed by atoms with Crippen LogP contribution < -0.4 is 4.74 Å². The first-order chi connectivity index (χ1) is 9.65. The second-order valence-electron chi connectivity index (χ2n) is 5.12. The maximum absolute atomic E-state index is 6.01. The highest BCUT2D eigenvalue weighted by Crippen LogP contribution is 2.23. The van der Waals surface area contributed by atoms with Crippen LogP contribution in [0.5, 0.6) is 5.75 Å². The lowest BCUT2D eigenvalue weighted by molar-refractivity contribution is 0.318. The summed E-state index contributed by atoms with van der Waals surface area (Å²) in [5.74, 6) is 2.21. The van der Waals surface area contributed by atoms with Gasteiger partial charge < -0.3 is 14.2 Å². The molecule has 0 aliphatic carbocycles. The third kappa shape index (κ3) is 3.44. The molecule has 0 atom stereocenters. The van der Waals surface area contributed by atoms with Gasteiger partial charge in [-0.15, -0.1) is 11.6 Å². The predicted octanol–water partition coefficient (Wildman–Crippen LogP) is 3.13. The molecule has 1 heterocycles. The van der Waals surface area contributed by atoms with E-state index in [2.05, 4.69) is 41.5 Å². The summed E-state index contributed by atoms with van der Waals surface area (Å²) in [6, 6.07) is 6.07. The van der Waals surface area contributed by atoms with Crippen molar-refractivity contribution >= 4 is 22.6 Å². The van der Waals surface area contributed by atoms with E-state index in [0.717, 1.165) is 48.7 Å². The molecule has 5 heteroatoms. The van der Waals surface area contributed by atoms with E-state index in [4.69, 9.17) is 16.3 Å². The molecule has 20 heavy (non-hydrogen) atoms. The van der Waals surface area contributed by atoms with E-state index >= 15 is 0 Å². The number of likely N-dealkylation sites (N-methyl/N-ethyl adjacent to an activating group) is 1. The molecule has 0 amide bonds. The van der Waals surface area contributed by atoms with Gasteiger partial charge in [-0.05, 0) is 32.6 Å². The largest absolute Gasteiger partial charge is 0.494 e. The summed E-state index contributed by atoms with van der Waals surface area (Å²) in [5, 5.41) is 0. The molecular weight excluding hydrogens is 274 g/mol. The lowest BCUT2D eigenvalue weighted by Crippen LogP contribution is -2.19. The first kappa shape index (κ1) is 15.1. The summed E-state index contributed by atoms with van der Waals surface area (Å²) >= 11 is 6.01. The van der Waals surface area contributed by atoms with E-state index in [9.17, 15) is 0 Å². The normalized spacial score (nSPS) is 11.4. The predicted molar refractivity (Wildman–Crippen MR) is 83.6 cm³/mol. The van der Waals surface area contributed by atoms with Gasteiger partial charge in [0.25, 0.3) is 0 Å². The number of benzene rings is 1. The Balaban J connectivity index is 2.31. The number of ether oxygens (including phenoxy) is 1. The van der Waals surface area contributed by atoms with Gasteiger partial charge in [-0.1, -0.05) is 6.92 Å². The van der Waals surface area contributed by atoms with Gasteiger partial charge in [0.15, 0.2) is 0 Å². The molecule has 1 aromatic carbocycles. The third-order valence-corrected chi connectivity index (χ3v) is 3.40. The van der Waals surface area contributed by atoms with Crippen LogP contribution in [0.1, 0.15) is 19.2 Å². The molecule has 0 spiro atoms. The number of hydrogen-bond acceptors (Lipinski definition) is 3. The van der Waals surface area contributed by atoms with Crippen molar-refractivity contribution in [2.45, 2.75) is 25.8 Å². The summed E-state index contributed by atoms with van der Waals surface area (Å²) in [5.41, 5.74) is 2.07. The van der Waals surface area contributed by atoms with Gasteiger partial charge >= 0.3 is 0 Å². The summed E-state index contributed by atoms with van der Waals surface area (Å²) < 4.78 is 7.84. The molecule has 0 aliphatic heterocycles. The number of imidazole rings is 1. The van der Waals surface area contributed by atoms with Gasteiger partial charge in [0.2, 0.25) is 0 Å². The fourth-order valence-electron chi connectivity index (χ4n) is 2.12. The molecule has 0 bridgehead atoms. The molecule has 0 saturated heterocycles. The minimum absolute atomic E-state index is 0.424. The molecule has 0 unspecified atom stereocenters. The van der Waals surface area contributed by atoms with Crippen molar-refractivity contribution < 1.29 is 4.74 Å². The Labute approximate surface area is 125 Å². The summed E-state index contributed by atoms with van der Waals surface area (Å²) in [4.78, 5) is 6.77. The van der Waals surface area contributed by atoms with Crippen molar-refractivity contribution in [3.63, 3.8) is 0 Å². The standard InChI is InChI=1S/C15H22ClN3O/c1-4-9-20-12-5-6-14-13(10-12)17-15(11-16)19(14)8-7-18(2)3/h5-6,10H,4,7-9,11H2,1-3H3. The minimum atomic E-state index is 0.424. The van der Waals surface area contributed by atoms with Gasteiger partial charge in [-0.2, -0.15) is 0 Å². The third-order valence-electron chi connectivity index (χ3n) is 3.16. The molecule has 4 nitrogen and oxygen atoms in total. The van der Waals surface area contributed by atoms with Gasteiger partial charge in [-0.3, -0.25) is 0 Å². The Bertz CT molecular complexity index is 565. The lowest BCUT2D eigenvalue weighted by atomic mass is 10.3. The van der Waals surface area contributed by atoms with E-state index in [1.165, 1.54) is 0 Å². The summed E-state index contributed by atoms with van der Waals surface area (Å²) in [6.07, 6.45) is 1.00. The van der Waals surface area contributed by atoms with E-state index < -0.39 is 0 Å². The van der Waals surface area contributed by atoms with Gasteiger partial charge in [0.05, 0.1) is 23.5 Å². The number of fused-ring (bicyclic) bond motifs is 1. The fraction of sp³-hybridized carbons (Fsp3) is 0.533. The van der Waals surface area contributed by atoms with Crippen LogP contribution in [0, 0.1) is 0 Å². The first-order valence-corrected chi connectivity index (χ1v) is 7.51. The van der Waals surface area contributed by atoms with Crippen LogP contribution >= 0.6 is 11.6 Å². The smallest absolute Gasteiger partial charge is 0.124 e. The molecule has 2 aromatic rings. The Kier molecular flexibility index (Phi) is 5.26. The van der Waals surface area contributed by atoms with Gasteiger partial charge in [0.1, 0.15) is 11.6 Å². The zero-order chi connectivity index (χ0) is 14.5. The molecule has 1 aromatic heterocycles. The maximum atomic E-state index is 6.01. The average Bonchev–Trinajstić information content (AvgIpc) is 2.79. The monoisotopic (exact) mass is 295 g/mol.